The molecule has 9 nitrogen and oxygen atoms in total. The zero-order chi connectivity index (χ0) is 24.1. The molecule has 4 aromatic rings. The van der Waals surface area contributed by atoms with Crippen LogP contribution < -0.4 is 0 Å². The molecule has 1 amide bonds. The maximum atomic E-state index is 12.1. The lowest BCUT2D eigenvalue weighted by atomic mass is 10.2. The van der Waals surface area contributed by atoms with Crippen molar-refractivity contribution in [2.75, 3.05) is 26.2 Å². The van der Waals surface area contributed by atoms with Crippen molar-refractivity contribution in [3.63, 3.8) is 0 Å². The molecule has 4 aromatic heterocycles. The van der Waals surface area contributed by atoms with Gasteiger partial charge in [-0.05, 0) is 38.5 Å². The number of hydrogen-bond donors (Lipinski definition) is 2. The molecular weight excluding hydrogens is 432 g/mol. The number of piperazine rings is 1. The van der Waals surface area contributed by atoms with Gasteiger partial charge in [-0.3, -0.25) is 19.7 Å². The number of amides is 1. The third-order valence-electron chi connectivity index (χ3n) is 5.63. The van der Waals surface area contributed by atoms with Gasteiger partial charge in [-0.15, -0.1) is 0 Å². The molecular formula is C25H30N6O3. The summed E-state index contributed by atoms with van der Waals surface area (Å²) in [6.45, 7) is 9.70. The van der Waals surface area contributed by atoms with Gasteiger partial charge in [0.2, 0.25) is 0 Å². The van der Waals surface area contributed by atoms with Gasteiger partial charge in [0.1, 0.15) is 5.60 Å². The summed E-state index contributed by atoms with van der Waals surface area (Å²) in [6, 6.07) is 3.85. The van der Waals surface area contributed by atoms with E-state index in [0.717, 1.165) is 42.3 Å². The Morgan fingerprint density at radius 1 is 1.00 bits per heavy atom. The van der Waals surface area contributed by atoms with Gasteiger partial charge < -0.3 is 19.6 Å². The Kier molecular flexibility index (Phi) is 6.93. The number of carbonyl (C=O) groups is 2. The molecule has 5 rings (SSSR count). The van der Waals surface area contributed by atoms with Gasteiger partial charge in [0.25, 0.3) is 0 Å². The molecule has 2 N–H and O–H groups in total. The second-order valence-corrected chi connectivity index (χ2v) is 9.26. The quantitative estimate of drug-likeness (QED) is 0.446. The van der Waals surface area contributed by atoms with E-state index in [1.807, 2.05) is 51.5 Å². The van der Waals surface area contributed by atoms with E-state index in [1.54, 1.807) is 23.5 Å². The SMILES string of the molecule is CC(C)(C)OC(=O)N1CCN(Cc2c[nH]c3cnccc23)CC1.O=Cc1c[nH]c2cnccc12. The Hall–Kier alpha value is -3.72. The first-order valence-corrected chi connectivity index (χ1v) is 11.3. The van der Waals surface area contributed by atoms with Crippen LogP contribution in [-0.2, 0) is 11.3 Å². The zero-order valence-electron chi connectivity index (χ0n) is 19.7. The second-order valence-electron chi connectivity index (χ2n) is 9.26. The summed E-state index contributed by atoms with van der Waals surface area (Å²) in [7, 11) is 0. The lowest BCUT2D eigenvalue weighted by molar-refractivity contribution is 0.0139. The summed E-state index contributed by atoms with van der Waals surface area (Å²) in [4.78, 5) is 40.9. The number of aldehydes is 1. The van der Waals surface area contributed by atoms with Crippen LogP contribution in [0.25, 0.3) is 21.8 Å². The van der Waals surface area contributed by atoms with E-state index in [2.05, 4.69) is 24.8 Å². The van der Waals surface area contributed by atoms with Crippen LogP contribution in [0.4, 0.5) is 4.79 Å². The maximum Gasteiger partial charge on any atom is 0.410 e. The van der Waals surface area contributed by atoms with E-state index >= 15 is 0 Å². The first-order chi connectivity index (χ1) is 16.3. The monoisotopic (exact) mass is 462 g/mol. The molecule has 34 heavy (non-hydrogen) atoms. The molecule has 178 valence electrons. The highest BCUT2D eigenvalue weighted by molar-refractivity contribution is 5.96. The van der Waals surface area contributed by atoms with Gasteiger partial charge in [-0.25, -0.2) is 4.79 Å². The van der Waals surface area contributed by atoms with Crippen molar-refractivity contribution < 1.29 is 14.3 Å². The average molecular weight is 463 g/mol. The largest absolute Gasteiger partial charge is 0.444 e. The van der Waals surface area contributed by atoms with Crippen molar-refractivity contribution in [2.24, 2.45) is 0 Å². The Balaban J connectivity index is 0.000000207. The molecule has 9 heteroatoms. The Labute approximate surface area is 198 Å². The summed E-state index contributed by atoms with van der Waals surface area (Å²) in [6.07, 6.45) is 11.4. The number of ether oxygens (including phenoxy) is 1. The third kappa shape index (κ3) is 5.60. The topological polar surface area (TPSA) is 107 Å². The molecule has 0 radical (unpaired) electrons. The normalized spacial score (nSPS) is 14.6. The molecule has 1 aliphatic rings. The number of fused-ring (bicyclic) bond motifs is 2. The van der Waals surface area contributed by atoms with E-state index < -0.39 is 5.60 Å². The molecule has 0 spiro atoms. The Morgan fingerprint density at radius 3 is 2.26 bits per heavy atom. The van der Waals surface area contributed by atoms with Crippen LogP contribution in [0.1, 0.15) is 36.7 Å². The van der Waals surface area contributed by atoms with Crippen molar-refractivity contribution in [3.05, 3.63) is 60.4 Å². The molecule has 0 aromatic carbocycles. The minimum atomic E-state index is -0.438. The highest BCUT2D eigenvalue weighted by Gasteiger charge is 2.26. The molecule has 1 fully saturated rings. The predicted octanol–water partition coefficient (Wildman–Crippen LogP) is 3.99. The second kappa shape index (κ2) is 10.0. The van der Waals surface area contributed by atoms with E-state index in [4.69, 9.17) is 4.74 Å². The number of nitrogens with zero attached hydrogens (tertiary/aromatic N) is 4. The standard InChI is InChI=1S/C17H24N4O2.C8H6N2O/c1-17(2,3)23-16(22)21-8-6-20(7-9-21)12-13-10-19-15-11-18-5-4-14(13)15;11-5-6-3-10-8-4-9-2-1-7(6)8/h4-5,10-11,19H,6-9,12H2,1-3H3;1-5,10H. The number of aromatic nitrogens is 4. The van der Waals surface area contributed by atoms with Crippen LogP contribution in [0.2, 0.25) is 0 Å². The molecule has 0 atom stereocenters. The summed E-state index contributed by atoms with van der Waals surface area (Å²) >= 11 is 0. The molecule has 0 bridgehead atoms. The highest BCUT2D eigenvalue weighted by atomic mass is 16.6. The number of carbonyl (C=O) groups excluding carboxylic acids is 2. The first kappa shape index (κ1) is 23.4. The maximum absolute atomic E-state index is 12.1. The molecule has 0 saturated carbocycles. The van der Waals surface area contributed by atoms with Crippen molar-refractivity contribution in [1.82, 2.24) is 29.7 Å². The summed E-state index contributed by atoms with van der Waals surface area (Å²) in [5.74, 6) is 0. The number of pyridine rings is 2. The molecule has 0 aliphatic carbocycles. The fourth-order valence-corrected chi connectivity index (χ4v) is 3.91. The van der Waals surface area contributed by atoms with Crippen LogP contribution in [0.15, 0.2) is 49.3 Å². The smallest absolute Gasteiger partial charge is 0.410 e. The van der Waals surface area contributed by atoms with Crippen molar-refractivity contribution in [1.29, 1.82) is 0 Å². The van der Waals surface area contributed by atoms with Gasteiger partial charge in [-0.2, -0.15) is 0 Å². The van der Waals surface area contributed by atoms with Crippen molar-refractivity contribution in [2.45, 2.75) is 32.9 Å². The van der Waals surface area contributed by atoms with Crippen LogP contribution in [0.5, 0.6) is 0 Å². The number of nitrogens with one attached hydrogen (secondary N) is 2. The number of hydrogen-bond acceptors (Lipinski definition) is 6. The highest BCUT2D eigenvalue weighted by Crippen LogP contribution is 2.20. The summed E-state index contributed by atoms with van der Waals surface area (Å²) in [5, 5.41) is 2.14. The van der Waals surface area contributed by atoms with E-state index in [0.29, 0.717) is 18.7 Å². The van der Waals surface area contributed by atoms with E-state index in [1.165, 1.54) is 10.9 Å². The Bertz CT molecular complexity index is 1260. The molecule has 0 unspecified atom stereocenters. The third-order valence-corrected chi connectivity index (χ3v) is 5.63. The van der Waals surface area contributed by atoms with Crippen LogP contribution in [0.3, 0.4) is 0 Å². The Morgan fingerprint density at radius 2 is 1.62 bits per heavy atom. The lowest BCUT2D eigenvalue weighted by Crippen LogP contribution is -2.49. The van der Waals surface area contributed by atoms with Gasteiger partial charge >= 0.3 is 6.09 Å². The first-order valence-electron chi connectivity index (χ1n) is 11.3. The lowest BCUT2D eigenvalue weighted by Gasteiger charge is -2.35. The van der Waals surface area contributed by atoms with Gasteiger partial charge in [0.05, 0.1) is 23.4 Å². The minimum absolute atomic E-state index is 0.213. The van der Waals surface area contributed by atoms with Gasteiger partial charge in [0.15, 0.2) is 6.29 Å². The van der Waals surface area contributed by atoms with E-state index in [9.17, 15) is 9.59 Å². The summed E-state index contributed by atoms with van der Waals surface area (Å²) in [5.41, 5.74) is 3.48. The van der Waals surface area contributed by atoms with Gasteiger partial charge in [-0.1, -0.05) is 0 Å². The zero-order valence-corrected chi connectivity index (χ0v) is 19.7. The molecule has 1 saturated heterocycles. The number of rotatable bonds is 3. The fourth-order valence-electron chi connectivity index (χ4n) is 3.91. The van der Waals surface area contributed by atoms with Crippen molar-refractivity contribution >= 4 is 34.2 Å². The number of H-pyrrole nitrogens is 2. The van der Waals surface area contributed by atoms with Crippen LogP contribution in [-0.4, -0.2) is 73.9 Å². The summed E-state index contributed by atoms with van der Waals surface area (Å²) < 4.78 is 5.43. The van der Waals surface area contributed by atoms with Crippen molar-refractivity contribution in [3.8, 4) is 0 Å². The molecule has 5 heterocycles. The molecule has 1 aliphatic heterocycles. The van der Waals surface area contributed by atoms with E-state index in [-0.39, 0.29) is 6.09 Å². The number of aromatic amines is 2. The van der Waals surface area contributed by atoms with Crippen LogP contribution in [0, 0.1) is 0 Å². The fraction of sp³-hybridized carbons (Fsp3) is 0.360. The average Bonchev–Trinajstić information content (AvgIpc) is 3.43. The van der Waals surface area contributed by atoms with Crippen LogP contribution >= 0.6 is 0 Å². The minimum Gasteiger partial charge on any atom is -0.444 e. The van der Waals surface area contributed by atoms with Gasteiger partial charge in [0, 0.05) is 73.8 Å². The predicted molar refractivity (Wildman–Crippen MR) is 131 cm³/mol.